The van der Waals surface area contributed by atoms with Crippen LogP contribution >= 0.6 is 0 Å². The first-order valence-corrected chi connectivity index (χ1v) is 2.82. The van der Waals surface area contributed by atoms with Crippen molar-refractivity contribution in [2.24, 2.45) is 5.73 Å². The zero-order valence-corrected chi connectivity index (χ0v) is 6.11. The van der Waals surface area contributed by atoms with Crippen LogP contribution in [-0.2, 0) is 9.53 Å². The Bertz CT molecular complexity index is 120. The molecule has 0 rings (SSSR count). The fraction of sp³-hybridized carbons (Fsp3) is 0.600. The molecule has 6 heteroatoms. The van der Waals surface area contributed by atoms with Gasteiger partial charge in [0.25, 0.3) is 0 Å². The van der Waals surface area contributed by atoms with Crippen LogP contribution in [0.3, 0.4) is 0 Å². The van der Waals surface area contributed by atoms with Crippen molar-refractivity contribution in [2.45, 2.75) is 6.92 Å². The average Bonchev–Trinajstić information content (AvgIpc) is 1.87. The van der Waals surface area contributed by atoms with Gasteiger partial charge in [-0.3, -0.25) is 4.79 Å². The summed E-state index contributed by atoms with van der Waals surface area (Å²) in [5.74, 6) is -0.345. The molecule has 0 amide bonds. The van der Waals surface area contributed by atoms with E-state index in [4.69, 9.17) is 20.7 Å². The summed E-state index contributed by atoms with van der Waals surface area (Å²) < 4.78 is 4.43. The number of rotatable bonds is 2. The molecular formula is C5H11NO5. The van der Waals surface area contributed by atoms with Crippen molar-refractivity contribution in [3.05, 3.63) is 0 Å². The molecule has 0 atom stereocenters. The highest BCUT2D eigenvalue weighted by molar-refractivity contribution is 5.71. The third-order valence-corrected chi connectivity index (χ3v) is 0.472. The molecule has 0 saturated carbocycles. The maximum atomic E-state index is 10.1. The molecule has 4 N–H and O–H groups in total. The molecule has 0 aromatic heterocycles. The summed E-state index contributed by atoms with van der Waals surface area (Å²) in [4.78, 5) is 18.6. The first kappa shape index (κ1) is 12.4. The Morgan fingerprint density at radius 1 is 1.45 bits per heavy atom. The minimum Gasteiger partial charge on any atom is -0.465 e. The van der Waals surface area contributed by atoms with E-state index < -0.39 is 6.16 Å². The molecule has 0 heterocycles. The lowest BCUT2D eigenvalue weighted by molar-refractivity contribution is -0.141. The molecule has 0 unspecified atom stereocenters. The van der Waals surface area contributed by atoms with Gasteiger partial charge in [0.1, 0.15) is 0 Å². The standard InChI is InChI=1S/C4H9NO2.CH2O3/c1-2-7-4(6)3-5;2-1(3)4/h2-3,5H2,1H3;(H2,2,3,4). The second kappa shape index (κ2) is 8.70. The van der Waals surface area contributed by atoms with E-state index in [1.54, 1.807) is 6.92 Å². The first-order chi connectivity index (χ1) is 5.04. The summed E-state index contributed by atoms with van der Waals surface area (Å²) in [5, 5.41) is 13.9. The summed E-state index contributed by atoms with van der Waals surface area (Å²) in [6.45, 7) is 2.14. The Hall–Kier alpha value is -1.30. The van der Waals surface area contributed by atoms with E-state index in [9.17, 15) is 4.79 Å². The molecule has 0 bridgehead atoms. The number of carbonyl (C=O) groups is 2. The van der Waals surface area contributed by atoms with Crippen LogP contribution in [-0.4, -0.2) is 35.5 Å². The van der Waals surface area contributed by atoms with Crippen molar-refractivity contribution in [1.82, 2.24) is 0 Å². The molecule has 11 heavy (non-hydrogen) atoms. The van der Waals surface area contributed by atoms with Crippen LogP contribution in [0, 0.1) is 0 Å². The molecule has 0 saturated heterocycles. The zero-order chi connectivity index (χ0) is 9.28. The van der Waals surface area contributed by atoms with Gasteiger partial charge in [-0.05, 0) is 6.92 Å². The molecule has 0 radical (unpaired) electrons. The second-order valence-corrected chi connectivity index (χ2v) is 1.29. The Balaban J connectivity index is 0. The van der Waals surface area contributed by atoms with Gasteiger partial charge in [-0.1, -0.05) is 0 Å². The molecule has 0 aromatic rings. The Morgan fingerprint density at radius 3 is 1.91 bits per heavy atom. The monoisotopic (exact) mass is 165 g/mol. The van der Waals surface area contributed by atoms with Crippen molar-refractivity contribution >= 4 is 12.1 Å². The smallest absolute Gasteiger partial charge is 0.465 e. The number of ether oxygens (including phenoxy) is 1. The Morgan fingerprint density at radius 2 is 1.82 bits per heavy atom. The minimum absolute atomic E-state index is 0.0200. The third-order valence-electron chi connectivity index (χ3n) is 0.472. The minimum atomic E-state index is -1.83. The van der Waals surface area contributed by atoms with Crippen molar-refractivity contribution in [3.8, 4) is 0 Å². The molecule has 0 fully saturated rings. The highest BCUT2D eigenvalue weighted by Crippen LogP contribution is 1.69. The van der Waals surface area contributed by atoms with Crippen LogP contribution in [0.4, 0.5) is 4.79 Å². The molecule has 66 valence electrons. The lowest BCUT2D eigenvalue weighted by Crippen LogP contribution is -2.16. The molecule has 0 aliphatic heterocycles. The van der Waals surface area contributed by atoms with Crippen LogP contribution in [0.2, 0.25) is 0 Å². The van der Waals surface area contributed by atoms with Gasteiger partial charge < -0.3 is 20.7 Å². The molecule has 0 aliphatic rings. The van der Waals surface area contributed by atoms with Gasteiger partial charge in [-0.2, -0.15) is 0 Å². The number of nitrogens with two attached hydrogens (primary N) is 1. The quantitative estimate of drug-likeness (QED) is 0.486. The number of hydrogen-bond donors (Lipinski definition) is 3. The number of hydrogen-bond acceptors (Lipinski definition) is 4. The Labute approximate surface area is 63.6 Å². The largest absolute Gasteiger partial charge is 0.503 e. The van der Waals surface area contributed by atoms with E-state index in [0.29, 0.717) is 6.61 Å². The summed E-state index contributed by atoms with van der Waals surface area (Å²) >= 11 is 0. The zero-order valence-electron chi connectivity index (χ0n) is 6.11. The predicted molar refractivity (Wildman–Crippen MR) is 36.3 cm³/mol. The molecule has 0 aliphatic carbocycles. The molecular weight excluding hydrogens is 154 g/mol. The normalized spacial score (nSPS) is 7.45. The summed E-state index contributed by atoms with van der Waals surface area (Å²) in [6.07, 6.45) is -1.83. The SMILES string of the molecule is CCOC(=O)CN.O=C(O)O. The van der Waals surface area contributed by atoms with Crippen LogP contribution in [0.1, 0.15) is 6.92 Å². The topological polar surface area (TPSA) is 110 Å². The van der Waals surface area contributed by atoms with Crippen molar-refractivity contribution in [1.29, 1.82) is 0 Å². The summed E-state index contributed by atoms with van der Waals surface area (Å²) in [6, 6.07) is 0. The Kier molecular flexibility index (Phi) is 9.79. The van der Waals surface area contributed by atoms with E-state index in [0.717, 1.165) is 0 Å². The predicted octanol–water partition coefficient (Wildman–Crippen LogP) is -0.269. The fourth-order valence-electron chi connectivity index (χ4n) is 0.220. The van der Waals surface area contributed by atoms with Crippen LogP contribution in [0.15, 0.2) is 0 Å². The average molecular weight is 165 g/mol. The van der Waals surface area contributed by atoms with E-state index in [2.05, 4.69) is 4.74 Å². The lowest BCUT2D eigenvalue weighted by atomic mass is 10.7. The van der Waals surface area contributed by atoms with E-state index in [1.165, 1.54) is 0 Å². The van der Waals surface area contributed by atoms with E-state index >= 15 is 0 Å². The van der Waals surface area contributed by atoms with Crippen molar-refractivity contribution in [2.75, 3.05) is 13.2 Å². The highest BCUT2D eigenvalue weighted by atomic mass is 16.6. The van der Waals surface area contributed by atoms with Crippen LogP contribution in [0.25, 0.3) is 0 Å². The van der Waals surface area contributed by atoms with Gasteiger partial charge in [0.05, 0.1) is 13.2 Å². The first-order valence-electron chi connectivity index (χ1n) is 2.82. The summed E-state index contributed by atoms with van der Waals surface area (Å²) in [5.41, 5.74) is 4.88. The van der Waals surface area contributed by atoms with E-state index in [-0.39, 0.29) is 12.5 Å². The number of carbonyl (C=O) groups excluding carboxylic acids is 1. The number of esters is 1. The van der Waals surface area contributed by atoms with Gasteiger partial charge in [0.2, 0.25) is 0 Å². The van der Waals surface area contributed by atoms with Crippen molar-refractivity contribution in [3.63, 3.8) is 0 Å². The molecule has 0 spiro atoms. The number of carboxylic acid groups (broad SMARTS) is 2. The lowest BCUT2D eigenvalue weighted by Gasteiger charge is -1.93. The van der Waals surface area contributed by atoms with Gasteiger partial charge in [0.15, 0.2) is 0 Å². The van der Waals surface area contributed by atoms with Crippen molar-refractivity contribution < 1.29 is 24.5 Å². The van der Waals surface area contributed by atoms with Crippen LogP contribution < -0.4 is 5.73 Å². The third kappa shape index (κ3) is 28.5. The molecule has 0 aromatic carbocycles. The van der Waals surface area contributed by atoms with Gasteiger partial charge in [0, 0.05) is 0 Å². The van der Waals surface area contributed by atoms with Gasteiger partial charge in [-0.25, -0.2) is 4.79 Å². The van der Waals surface area contributed by atoms with E-state index in [1.807, 2.05) is 0 Å². The molecule has 6 nitrogen and oxygen atoms in total. The highest BCUT2D eigenvalue weighted by Gasteiger charge is 1.91. The maximum absolute atomic E-state index is 10.1. The fourth-order valence-corrected chi connectivity index (χ4v) is 0.220. The van der Waals surface area contributed by atoms with Crippen LogP contribution in [0.5, 0.6) is 0 Å². The van der Waals surface area contributed by atoms with Gasteiger partial charge in [-0.15, -0.1) is 0 Å². The maximum Gasteiger partial charge on any atom is 0.503 e. The second-order valence-electron chi connectivity index (χ2n) is 1.29. The van der Waals surface area contributed by atoms with Gasteiger partial charge >= 0.3 is 12.1 Å². The summed E-state index contributed by atoms with van der Waals surface area (Å²) in [7, 11) is 0.